The number of hydrogen-bond acceptors (Lipinski definition) is 2. The van der Waals surface area contributed by atoms with Crippen molar-refractivity contribution in [1.29, 1.82) is 0 Å². The molecule has 140 valence electrons. The number of rotatable bonds is 4. The molecule has 1 aliphatic rings. The number of methoxy groups -OCH3 is 1. The van der Waals surface area contributed by atoms with Crippen LogP contribution in [0.25, 0.3) is 10.9 Å². The fourth-order valence-corrected chi connectivity index (χ4v) is 4.39. The average molecular weight is 362 g/mol. The number of ether oxygens (including phenoxy) is 1. The lowest BCUT2D eigenvalue weighted by Crippen LogP contribution is -2.42. The Morgan fingerprint density at radius 2 is 1.96 bits per heavy atom. The minimum absolute atomic E-state index is 0.0637. The number of nitrogens with one attached hydrogen (secondary N) is 1. The molecule has 0 radical (unpaired) electrons. The van der Waals surface area contributed by atoms with E-state index in [-0.39, 0.29) is 11.4 Å². The van der Waals surface area contributed by atoms with Crippen molar-refractivity contribution in [3.8, 4) is 5.75 Å². The van der Waals surface area contributed by atoms with E-state index in [1.165, 1.54) is 5.56 Å². The first-order chi connectivity index (χ1) is 13.0. The Bertz CT molecular complexity index is 959. The summed E-state index contributed by atoms with van der Waals surface area (Å²) in [5.41, 5.74) is 2.74. The van der Waals surface area contributed by atoms with Gasteiger partial charge in [-0.15, -0.1) is 0 Å². The first kappa shape index (κ1) is 17.7. The number of likely N-dealkylation sites (tertiary alicyclic amines) is 1. The number of aromatic nitrogens is 1. The Hall–Kier alpha value is -2.75. The maximum absolute atomic E-state index is 13.3. The number of benzene rings is 2. The Morgan fingerprint density at radius 1 is 1.19 bits per heavy atom. The van der Waals surface area contributed by atoms with E-state index in [2.05, 4.69) is 43.1 Å². The number of amides is 1. The zero-order valence-corrected chi connectivity index (χ0v) is 16.2. The summed E-state index contributed by atoms with van der Waals surface area (Å²) in [4.78, 5) is 18.6. The van der Waals surface area contributed by atoms with Crippen molar-refractivity contribution >= 4 is 16.8 Å². The van der Waals surface area contributed by atoms with Crippen molar-refractivity contribution in [1.82, 2.24) is 9.88 Å². The van der Waals surface area contributed by atoms with Crippen LogP contribution in [0.3, 0.4) is 0 Å². The molecule has 1 aromatic heterocycles. The van der Waals surface area contributed by atoms with E-state index in [4.69, 9.17) is 4.74 Å². The van der Waals surface area contributed by atoms with E-state index < -0.39 is 0 Å². The van der Waals surface area contributed by atoms with Gasteiger partial charge < -0.3 is 14.6 Å². The van der Waals surface area contributed by atoms with Gasteiger partial charge in [0.15, 0.2) is 0 Å². The monoisotopic (exact) mass is 362 g/mol. The van der Waals surface area contributed by atoms with Crippen molar-refractivity contribution < 1.29 is 9.53 Å². The minimum atomic E-state index is -0.155. The SMILES string of the molecule is COc1cccc2[nH]c(C(=O)N3CC(Cc4ccccc4)CC3(C)C)cc12. The largest absolute Gasteiger partial charge is 0.496 e. The van der Waals surface area contributed by atoms with Crippen LogP contribution < -0.4 is 4.74 Å². The normalized spacial score (nSPS) is 18.8. The molecule has 4 rings (SSSR count). The summed E-state index contributed by atoms with van der Waals surface area (Å²) in [5, 5.41) is 0.946. The maximum Gasteiger partial charge on any atom is 0.270 e. The Balaban J connectivity index is 1.57. The molecule has 1 saturated heterocycles. The van der Waals surface area contributed by atoms with E-state index in [0.29, 0.717) is 11.6 Å². The molecule has 0 aliphatic carbocycles. The lowest BCUT2D eigenvalue weighted by atomic mass is 9.92. The topological polar surface area (TPSA) is 45.3 Å². The number of nitrogens with zero attached hydrogens (tertiary/aromatic N) is 1. The maximum atomic E-state index is 13.3. The van der Waals surface area contributed by atoms with Gasteiger partial charge in [-0.25, -0.2) is 0 Å². The van der Waals surface area contributed by atoms with Crippen molar-refractivity contribution in [2.24, 2.45) is 5.92 Å². The predicted octanol–water partition coefficient (Wildman–Crippen LogP) is 4.66. The van der Waals surface area contributed by atoms with Crippen LogP contribution in [-0.4, -0.2) is 35.0 Å². The number of hydrogen-bond donors (Lipinski definition) is 1. The lowest BCUT2D eigenvalue weighted by Gasteiger charge is -2.31. The van der Waals surface area contributed by atoms with E-state index >= 15 is 0 Å². The van der Waals surface area contributed by atoms with Crippen LogP contribution in [0.1, 0.15) is 36.3 Å². The second-order valence-electron chi connectivity index (χ2n) is 8.09. The van der Waals surface area contributed by atoms with Crippen molar-refractivity contribution in [2.75, 3.05) is 13.7 Å². The Labute approximate surface area is 160 Å². The second kappa shape index (κ2) is 6.76. The highest BCUT2D eigenvalue weighted by molar-refractivity contribution is 6.00. The standard InChI is InChI=1S/C23H26N2O2/c1-23(2)14-17(12-16-8-5-4-6-9-16)15-25(23)22(26)20-13-18-19(24-20)10-7-11-21(18)27-3/h4-11,13,17,24H,12,14-15H2,1-3H3. The Morgan fingerprint density at radius 3 is 2.70 bits per heavy atom. The Kier molecular flexibility index (Phi) is 4.42. The van der Waals surface area contributed by atoms with Gasteiger partial charge in [-0.2, -0.15) is 0 Å². The highest BCUT2D eigenvalue weighted by Crippen LogP contribution is 2.36. The molecule has 3 aromatic rings. The summed E-state index contributed by atoms with van der Waals surface area (Å²) in [6, 6.07) is 18.3. The highest BCUT2D eigenvalue weighted by atomic mass is 16.5. The number of fused-ring (bicyclic) bond motifs is 1. The zero-order valence-electron chi connectivity index (χ0n) is 16.2. The van der Waals surface area contributed by atoms with Gasteiger partial charge in [0.05, 0.1) is 7.11 Å². The molecule has 1 fully saturated rings. The highest BCUT2D eigenvalue weighted by Gasteiger charge is 2.41. The first-order valence-electron chi connectivity index (χ1n) is 9.49. The van der Waals surface area contributed by atoms with E-state index in [0.717, 1.165) is 36.0 Å². The molecule has 4 heteroatoms. The minimum Gasteiger partial charge on any atom is -0.496 e. The molecule has 0 bridgehead atoms. The molecule has 1 unspecified atom stereocenters. The van der Waals surface area contributed by atoms with Crippen molar-refractivity contribution in [2.45, 2.75) is 32.2 Å². The zero-order chi connectivity index (χ0) is 19.0. The molecule has 1 atom stereocenters. The van der Waals surface area contributed by atoms with Crippen LogP contribution >= 0.6 is 0 Å². The van der Waals surface area contributed by atoms with Gasteiger partial charge in [0, 0.05) is 23.0 Å². The van der Waals surface area contributed by atoms with Gasteiger partial charge in [-0.3, -0.25) is 4.79 Å². The van der Waals surface area contributed by atoms with E-state index in [1.807, 2.05) is 35.2 Å². The number of carbonyl (C=O) groups excluding carboxylic acids is 1. The third-order valence-electron chi connectivity index (χ3n) is 5.65. The summed E-state index contributed by atoms with van der Waals surface area (Å²) in [6.07, 6.45) is 2.02. The van der Waals surface area contributed by atoms with Crippen LogP contribution in [0, 0.1) is 5.92 Å². The lowest BCUT2D eigenvalue weighted by molar-refractivity contribution is 0.0644. The van der Waals surface area contributed by atoms with Gasteiger partial charge in [-0.05, 0) is 56.4 Å². The van der Waals surface area contributed by atoms with E-state index in [9.17, 15) is 4.79 Å². The molecule has 1 aliphatic heterocycles. The summed E-state index contributed by atoms with van der Waals surface area (Å²) in [6.45, 7) is 5.12. The average Bonchev–Trinajstić information content (AvgIpc) is 3.22. The van der Waals surface area contributed by atoms with Crippen LogP contribution in [-0.2, 0) is 6.42 Å². The first-order valence-corrected chi connectivity index (χ1v) is 9.49. The third kappa shape index (κ3) is 3.32. The third-order valence-corrected chi connectivity index (χ3v) is 5.65. The molecule has 1 N–H and O–H groups in total. The summed E-state index contributed by atoms with van der Waals surface area (Å²) in [5.74, 6) is 1.32. The fourth-order valence-electron chi connectivity index (χ4n) is 4.39. The molecule has 1 amide bonds. The van der Waals surface area contributed by atoms with Gasteiger partial charge in [0.25, 0.3) is 5.91 Å². The van der Waals surface area contributed by atoms with Crippen LogP contribution in [0.4, 0.5) is 0 Å². The molecular weight excluding hydrogens is 336 g/mol. The molecule has 4 nitrogen and oxygen atoms in total. The molecule has 2 heterocycles. The molecular formula is C23H26N2O2. The predicted molar refractivity (Wildman–Crippen MR) is 108 cm³/mol. The smallest absolute Gasteiger partial charge is 0.270 e. The van der Waals surface area contributed by atoms with Crippen molar-refractivity contribution in [3.05, 3.63) is 65.9 Å². The molecule has 0 spiro atoms. The summed E-state index contributed by atoms with van der Waals surface area (Å²) >= 11 is 0. The summed E-state index contributed by atoms with van der Waals surface area (Å²) < 4.78 is 5.43. The quantitative estimate of drug-likeness (QED) is 0.734. The number of carbonyl (C=O) groups is 1. The fraction of sp³-hybridized carbons (Fsp3) is 0.348. The number of aromatic amines is 1. The summed E-state index contributed by atoms with van der Waals surface area (Å²) in [7, 11) is 1.65. The molecule has 2 aromatic carbocycles. The van der Waals surface area contributed by atoms with Crippen LogP contribution in [0.5, 0.6) is 5.75 Å². The van der Waals surface area contributed by atoms with Crippen LogP contribution in [0.15, 0.2) is 54.6 Å². The van der Waals surface area contributed by atoms with Gasteiger partial charge in [0.1, 0.15) is 11.4 Å². The van der Waals surface area contributed by atoms with Crippen LogP contribution in [0.2, 0.25) is 0 Å². The van der Waals surface area contributed by atoms with Gasteiger partial charge in [-0.1, -0.05) is 36.4 Å². The molecule has 0 saturated carbocycles. The van der Waals surface area contributed by atoms with E-state index in [1.54, 1.807) is 7.11 Å². The number of H-pyrrole nitrogens is 1. The second-order valence-corrected chi connectivity index (χ2v) is 8.09. The van der Waals surface area contributed by atoms with Crippen molar-refractivity contribution in [3.63, 3.8) is 0 Å². The molecule has 27 heavy (non-hydrogen) atoms. The van der Waals surface area contributed by atoms with Gasteiger partial charge >= 0.3 is 0 Å². The van der Waals surface area contributed by atoms with Gasteiger partial charge in [0.2, 0.25) is 0 Å².